The van der Waals surface area contributed by atoms with E-state index in [0.717, 1.165) is 6.07 Å². The van der Waals surface area contributed by atoms with Crippen molar-refractivity contribution in [1.29, 1.82) is 0 Å². The summed E-state index contributed by atoms with van der Waals surface area (Å²) < 4.78 is 30.3. The minimum absolute atomic E-state index is 0.0415. The van der Waals surface area contributed by atoms with Crippen molar-refractivity contribution in [2.75, 3.05) is 23.7 Å². The van der Waals surface area contributed by atoms with E-state index in [1.165, 1.54) is 12.1 Å². The molecule has 0 aliphatic rings. The van der Waals surface area contributed by atoms with Crippen molar-refractivity contribution in [1.82, 2.24) is 0 Å². The van der Waals surface area contributed by atoms with Crippen LogP contribution in [-0.2, 0) is 14.8 Å². The van der Waals surface area contributed by atoms with Gasteiger partial charge in [0.05, 0.1) is 23.6 Å². The van der Waals surface area contributed by atoms with Crippen LogP contribution in [0.5, 0.6) is 5.75 Å². The number of aromatic hydroxyl groups is 1. The summed E-state index contributed by atoms with van der Waals surface area (Å²) in [4.78, 5) is 10.7. The summed E-state index contributed by atoms with van der Waals surface area (Å²) >= 11 is 0. The van der Waals surface area contributed by atoms with E-state index in [1.54, 1.807) is 6.92 Å². The molecular weight excluding hydrogens is 274 g/mol. The highest BCUT2D eigenvalue weighted by molar-refractivity contribution is 7.92. The number of benzene rings is 1. The number of hydrogen-bond donors (Lipinski definition) is 3. The molecule has 8 heteroatoms. The Hall–Kier alpha value is -1.80. The van der Waals surface area contributed by atoms with Gasteiger partial charge in [-0.1, -0.05) is 0 Å². The molecule has 0 aliphatic heterocycles. The highest BCUT2D eigenvalue weighted by atomic mass is 32.2. The van der Waals surface area contributed by atoms with Gasteiger partial charge in [0.25, 0.3) is 0 Å². The van der Waals surface area contributed by atoms with Crippen LogP contribution in [0.15, 0.2) is 18.2 Å². The Morgan fingerprint density at radius 3 is 2.63 bits per heavy atom. The lowest BCUT2D eigenvalue weighted by molar-refractivity contribution is 0.0696. The van der Waals surface area contributed by atoms with Crippen molar-refractivity contribution in [2.24, 2.45) is 0 Å². The number of carbonyl (C=O) groups is 1. The molecular formula is C11H15NO6S. The van der Waals surface area contributed by atoms with Gasteiger partial charge < -0.3 is 14.9 Å². The number of anilines is 1. The van der Waals surface area contributed by atoms with Gasteiger partial charge in [0.15, 0.2) is 0 Å². The molecule has 0 spiro atoms. The predicted molar refractivity (Wildman–Crippen MR) is 69.0 cm³/mol. The van der Waals surface area contributed by atoms with Crippen LogP contribution in [0.3, 0.4) is 0 Å². The number of carboxylic acid groups (broad SMARTS) is 1. The van der Waals surface area contributed by atoms with Crippen molar-refractivity contribution in [2.45, 2.75) is 6.92 Å². The molecule has 3 N–H and O–H groups in total. The first kappa shape index (κ1) is 15.3. The highest BCUT2D eigenvalue weighted by Crippen LogP contribution is 2.25. The molecule has 1 rings (SSSR count). The summed E-state index contributed by atoms with van der Waals surface area (Å²) in [6, 6.07) is 3.36. The van der Waals surface area contributed by atoms with Crippen molar-refractivity contribution >= 4 is 21.7 Å². The minimum Gasteiger partial charge on any atom is -0.506 e. The third-order valence-corrected chi connectivity index (χ3v) is 3.45. The van der Waals surface area contributed by atoms with E-state index in [-0.39, 0.29) is 23.6 Å². The van der Waals surface area contributed by atoms with Gasteiger partial charge in [-0.05, 0) is 25.1 Å². The Bertz CT molecular complexity index is 554. The highest BCUT2D eigenvalue weighted by Gasteiger charge is 2.14. The number of phenolic OH excluding ortho intramolecular Hbond substituents is 1. The van der Waals surface area contributed by atoms with Gasteiger partial charge in [-0.25, -0.2) is 13.2 Å². The third kappa shape index (κ3) is 4.76. The Kier molecular flexibility index (Phi) is 5.13. The van der Waals surface area contributed by atoms with Gasteiger partial charge in [-0.3, -0.25) is 4.72 Å². The first-order valence-corrected chi connectivity index (χ1v) is 7.15. The average Bonchev–Trinajstić information content (AvgIpc) is 2.31. The third-order valence-electron chi connectivity index (χ3n) is 2.21. The number of sulfonamides is 1. The summed E-state index contributed by atoms with van der Waals surface area (Å²) in [5, 5.41) is 18.3. The zero-order valence-corrected chi connectivity index (χ0v) is 11.1. The normalized spacial score (nSPS) is 11.2. The zero-order chi connectivity index (χ0) is 14.5. The largest absolute Gasteiger partial charge is 0.506 e. The lowest BCUT2D eigenvalue weighted by Crippen LogP contribution is -2.20. The van der Waals surface area contributed by atoms with Crippen LogP contribution in [0, 0.1) is 0 Å². The number of hydrogen-bond acceptors (Lipinski definition) is 5. The molecule has 0 aromatic heterocycles. The van der Waals surface area contributed by atoms with Gasteiger partial charge in [-0.2, -0.15) is 0 Å². The molecule has 1 aromatic rings. The zero-order valence-electron chi connectivity index (χ0n) is 10.3. The molecule has 7 nitrogen and oxygen atoms in total. The van der Waals surface area contributed by atoms with E-state index in [2.05, 4.69) is 4.72 Å². The predicted octanol–water partition coefficient (Wildman–Crippen LogP) is 0.869. The van der Waals surface area contributed by atoms with Crippen molar-refractivity contribution in [3.05, 3.63) is 23.8 Å². The second-order valence-corrected chi connectivity index (χ2v) is 5.50. The van der Waals surface area contributed by atoms with Gasteiger partial charge in [0, 0.05) is 6.61 Å². The molecule has 0 amide bonds. The summed E-state index contributed by atoms with van der Waals surface area (Å²) in [5.41, 5.74) is -0.198. The molecule has 0 aliphatic carbocycles. The molecule has 0 heterocycles. The van der Waals surface area contributed by atoms with Crippen molar-refractivity contribution in [3.63, 3.8) is 0 Å². The Labute approximate surface area is 110 Å². The van der Waals surface area contributed by atoms with Crippen molar-refractivity contribution in [3.8, 4) is 5.75 Å². The molecule has 0 unspecified atom stereocenters. The summed E-state index contributed by atoms with van der Waals surface area (Å²) in [7, 11) is -3.64. The Morgan fingerprint density at radius 1 is 1.42 bits per heavy atom. The van der Waals surface area contributed by atoms with E-state index >= 15 is 0 Å². The fourth-order valence-corrected chi connectivity index (χ4v) is 2.23. The summed E-state index contributed by atoms with van der Waals surface area (Å²) in [5.74, 6) is -1.90. The summed E-state index contributed by atoms with van der Waals surface area (Å²) in [6.07, 6.45) is 0. The van der Waals surface area contributed by atoms with Gasteiger partial charge >= 0.3 is 5.97 Å². The monoisotopic (exact) mass is 289 g/mol. The van der Waals surface area contributed by atoms with Crippen LogP contribution in [0.2, 0.25) is 0 Å². The summed E-state index contributed by atoms with van der Waals surface area (Å²) in [6.45, 7) is 2.20. The molecule has 106 valence electrons. The van der Waals surface area contributed by atoms with Gasteiger partial charge in [0.2, 0.25) is 10.0 Å². The molecule has 0 radical (unpaired) electrons. The molecule has 0 atom stereocenters. The number of ether oxygens (including phenoxy) is 1. The second kappa shape index (κ2) is 6.39. The maximum atomic E-state index is 11.6. The smallest absolute Gasteiger partial charge is 0.335 e. The van der Waals surface area contributed by atoms with Crippen LogP contribution in [0.1, 0.15) is 17.3 Å². The lowest BCUT2D eigenvalue weighted by Gasteiger charge is -2.10. The number of rotatable bonds is 7. The van der Waals surface area contributed by atoms with E-state index in [1.807, 2.05) is 0 Å². The SMILES string of the molecule is CCOCCS(=O)(=O)Nc1ccc(C(=O)O)cc1O. The van der Waals surface area contributed by atoms with E-state index in [4.69, 9.17) is 9.84 Å². The fraction of sp³-hybridized carbons (Fsp3) is 0.364. The molecule has 0 saturated carbocycles. The van der Waals surface area contributed by atoms with Gasteiger partial charge in [0.1, 0.15) is 5.75 Å². The van der Waals surface area contributed by atoms with Crippen LogP contribution in [-0.4, -0.2) is 43.6 Å². The van der Waals surface area contributed by atoms with E-state index in [0.29, 0.717) is 6.61 Å². The number of nitrogens with one attached hydrogen (secondary N) is 1. The Balaban J connectivity index is 2.79. The molecule has 0 bridgehead atoms. The van der Waals surface area contributed by atoms with E-state index < -0.39 is 21.7 Å². The van der Waals surface area contributed by atoms with Crippen LogP contribution >= 0.6 is 0 Å². The maximum Gasteiger partial charge on any atom is 0.335 e. The van der Waals surface area contributed by atoms with Crippen LogP contribution < -0.4 is 4.72 Å². The topological polar surface area (TPSA) is 113 Å². The second-order valence-electron chi connectivity index (χ2n) is 3.65. The molecule has 0 saturated heterocycles. The quantitative estimate of drug-likeness (QED) is 0.507. The standard InChI is InChI=1S/C11H15NO6S/c1-2-18-5-6-19(16,17)12-9-4-3-8(11(14)15)7-10(9)13/h3-4,7,12-13H,2,5-6H2,1H3,(H,14,15). The molecule has 19 heavy (non-hydrogen) atoms. The fourth-order valence-electron chi connectivity index (χ4n) is 1.28. The first-order chi connectivity index (χ1) is 8.85. The van der Waals surface area contributed by atoms with Crippen LogP contribution in [0.25, 0.3) is 0 Å². The molecule has 0 fully saturated rings. The maximum absolute atomic E-state index is 11.6. The Morgan fingerprint density at radius 2 is 2.11 bits per heavy atom. The van der Waals surface area contributed by atoms with Crippen molar-refractivity contribution < 1.29 is 28.2 Å². The number of aromatic carboxylic acids is 1. The van der Waals surface area contributed by atoms with Gasteiger partial charge in [-0.15, -0.1) is 0 Å². The number of carboxylic acids is 1. The minimum atomic E-state index is -3.64. The number of phenols is 1. The van der Waals surface area contributed by atoms with E-state index in [9.17, 15) is 18.3 Å². The first-order valence-electron chi connectivity index (χ1n) is 5.50. The average molecular weight is 289 g/mol. The molecule has 1 aromatic carbocycles. The van der Waals surface area contributed by atoms with Crippen LogP contribution in [0.4, 0.5) is 5.69 Å². The lowest BCUT2D eigenvalue weighted by atomic mass is 10.2.